The van der Waals surface area contributed by atoms with E-state index < -0.39 is 5.82 Å². The molecule has 0 radical (unpaired) electrons. The fourth-order valence-corrected chi connectivity index (χ4v) is 4.86. The van der Waals surface area contributed by atoms with Gasteiger partial charge < -0.3 is 9.80 Å². The van der Waals surface area contributed by atoms with Gasteiger partial charge in [-0.05, 0) is 30.3 Å². The van der Waals surface area contributed by atoms with Gasteiger partial charge in [-0.3, -0.25) is 4.79 Å². The quantitative estimate of drug-likeness (QED) is 0.481. The minimum absolute atomic E-state index is 0.0179. The minimum atomic E-state index is -0.588. The van der Waals surface area contributed by atoms with Crippen molar-refractivity contribution in [3.05, 3.63) is 72.2 Å². The molecule has 0 N–H and O–H groups in total. The average molecular weight is 447 g/mol. The van der Waals surface area contributed by atoms with E-state index in [2.05, 4.69) is 25.1 Å². The molecule has 2 aliphatic rings. The standard InChI is InChI=1S/C23H19F2N7O/c24-17-4-5-19-14(8-17)9-26-23(29-19)31-12-15-10-30(11-16(15)13-31)22(33)21-18(25)2-1-3-20(21)32-27-6-7-28-32/h1-9,15-16H,10-13H2. The lowest BCUT2D eigenvalue weighted by Gasteiger charge is -2.23. The number of benzene rings is 2. The number of halogens is 2. The number of aromatic nitrogens is 5. The van der Waals surface area contributed by atoms with Crippen LogP contribution in [-0.2, 0) is 0 Å². The van der Waals surface area contributed by atoms with Crippen molar-refractivity contribution in [1.29, 1.82) is 0 Å². The van der Waals surface area contributed by atoms with Gasteiger partial charge in [0.15, 0.2) is 0 Å². The topological polar surface area (TPSA) is 80.0 Å². The minimum Gasteiger partial charge on any atom is -0.340 e. The van der Waals surface area contributed by atoms with Crippen LogP contribution < -0.4 is 4.90 Å². The lowest BCUT2D eigenvalue weighted by atomic mass is 10.0. The molecule has 2 unspecified atom stereocenters. The Morgan fingerprint density at radius 3 is 2.48 bits per heavy atom. The molecule has 6 rings (SSSR count). The van der Waals surface area contributed by atoms with Crippen LogP contribution in [0.1, 0.15) is 10.4 Å². The third-order valence-electron chi connectivity index (χ3n) is 6.43. The summed E-state index contributed by atoms with van der Waals surface area (Å²) in [5.41, 5.74) is 0.995. The summed E-state index contributed by atoms with van der Waals surface area (Å²) in [7, 11) is 0. The van der Waals surface area contributed by atoms with Gasteiger partial charge in [0, 0.05) is 49.6 Å². The number of amides is 1. The molecule has 2 fully saturated rings. The highest BCUT2D eigenvalue weighted by Gasteiger charge is 2.43. The van der Waals surface area contributed by atoms with E-state index in [4.69, 9.17) is 0 Å². The van der Waals surface area contributed by atoms with Gasteiger partial charge in [0.25, 0.3) is 5.91 Å². The second-order valence-electron chi connectivity index (χ2n) is 8.46. The first kappa shape index (κ1) is 19.7. The zero-order valence-electron chi connectivity index (χ0n) is 17.5. The Morgan fingerprint density at radius 1 is 0.970 bits per heavy atom. The third-order valence-corrected chi connectivity index (χ3v) is 6.43. The maximum Gasteiger partial charge on any atom is 0.259 e. The number of carbonyl (C=O) groups is 1. The molecule has 10 heteroatoms. The highest BCUT2D eigenvalue weighted by molar-refractivity contribution is 5.98. The van der Waals surface area contributed by atoms with Gasteiger partial charge in [-0.1, -0.05) is 6.07 Å². The summed E-state index contributed by atoms with van der Waals surface area (Å²) < 4.78 is 28.1. The van der Waals surface area contributed by atoms with Gasteiger partial charge in [0.05, 0.1) is 17.9 Å². The van der Waals surface area contributed by atoms with Crippen LogP contribution in [-0.4, -0.2) is 61.9 Å². The first-order valence-corrected chi connectivity index (χ1v) is 10.7. The van der Waals surface area contributed by atoms with Crippen molar-refractivity contribution >= 4 is 22.8 Å². The number of anilines is 1. The predicted octanol–water partition coefficient (Wildman–Crippen LogP) is 2.70. The molecule has 4 aromatic rings. The molecule has 8 nitrogen and oxygen atoms in total. The van der Waals surface area contributed by atoms with Gasteiger partial charge in [0.2, 0.25) is 5.95 Å². The van der Waals surface area contributed by atoms with E-state index in [0.29, 0.717) is 48.7 Å². The van der Waals surface area contributed by atoms with Crippen LogP contribution in [0.15, 0.2) is 55.0 Å². The molecule has 0 spiro atoms. The van der Waals surface area contributed by atoms with Crippen LogP contribution in [0.2, 0.25) is 0 Å². The Hall–Kier alpha value is -3.95. The first-order chi connectivity index (χ1) is 16.1. The summed E-state index contributed by atoms with van der Waals surface area (Å²) >= 11 is 0. The summed E-state index contributed by atoms with van der Waals surface area (Å²) in [6, 6.07) is 8.90. The fraction of sp³-hybridized carbons (Fsp3) is 0.261. The Morgan fingerprint density at radius 2 is 1.73 bits per heavy atom. The highest BCUT2D eigenvalue weighted by atomic mass is 19.1. The van der Waals surface area contributed by atoms with E-state index in [1.54, 1.807) is 29.3 Å². The number of fused-ring (bicyclic) bond motifs is 2. The van der Waals surface area contributed by atoms with Crippen molar-refractivity contribution in [1.82, 2.24) is 29.9 Å². The molecule has 2 aliphatic heterocycles. The second kappa shape index (κ2) is 7.58. The fourth-order valence-electron chi connectivity index (χ4n) is 4.86. The van der Waals surface area contributed by atoms with Crippen LogP contribution in [0.3, 0.4) is 0 Å². The van der Waals surface area contributed by atoms with E-state index in [-0.39, 0.29) is 29.1 Å². The Kier molecular flexibility index (Phi) is 4.53. The average Bonchev–Trinajstić information content (AvgIpc) is 3.55. The summed E-state index contributed by atoms with van der Waals surface area (Å²) in [5, 5.41) is 8.76. The Bertz CT molecular complexity index is 1350. The van der Waals surface area contributed by atoms with Gasteiger partial charge in [-0.2, -0.15) is 15.0 Å². The van der Waals surface area contributed by atoms with Crippen molar-refractivity contribution in [2.75, 3.05) is 31.1 Å². The van der Waals surface area contributed by atoms with Crippen molar-refractivity contribution in [2.24, 2.45) is 11.8 Å². The number of carbonyl (C=O) groups excluding carboxylic acids is 1. The van der Waals surface area contributed by atoms with E-state index >= 15 is 0 Å². The number of likely N-dealkylation sites (tertiary alicyclic amines) is 1. The third kappa shape index (κ3) is 3.38. The molecular formula is C23H19F2N7O. The molecule has 2 atom stereocenters. The molecule has 2 saturated heterocycles. The van der Waals surface area contributed by atoms with Crippen molar-refractivity contribution in [3.8, 4) is 5.69 Å². The van der Waals surface area contributed by atoms with E-state index in [0.717, 1.165) is 0 Å². The molecule has 4 heterocycles. The highest BCUT2D eigenvalue weighted by Crippen LogP contribution is 2.34. The van der Waals surface area contributed by atoms with Crippen LogP contribution >= 0.6 is 0 Å². The molecule has 1 amide bonds. The maximum atomic E-state index is 14.7. The lowest BCUT2D eigenvalue weighted by molar-refractivity contribution is 0.0777. The number of hydrogen-bond donors (Lipinski definition) is 0. The zero-order chi connectivity index (χ0) is 22.5. The normalized spacial score (nSPS) is 19.9. The Labute approximate surface area is 187 Å². The van der Waals surface area contributed by atoms with Gasteiger partial charge in [0.1, 0.15) is 22.9 Å². The van der Waals surface area contributed by atoms with E-state index in [1.165, 1.54) is 35.4 Å². The van der Waals surface area contributed by atoms with E-state index in [9.17, 15) is 13.6 Å². The largest absolute Gasteiger partial charge is 0.340 e. The number of nitrogens with zero attached hydrogens (tertiary/aromatic N) is 7. The molecule has 166 valence electrons. The van der Waals surface area contributed by atoms with Crippen molar-refractivity contribution in [2.45, 2.75) is 0 Å². The predicted molar refractivity (Wildman–Crippen MR) is 116 cm³/mol. The molecule has 2 aromatic carbocycles. The van der Waals surface area contributed by atoms with Crippen molar-refractivity contribution < 1.29 is 13.6 Å². The zero-order valence-corrected chi connectivity index (χ0v) is 17.5. The molecule has 0 saturated carbocycles. The lowest BCUT2D eigenvalue weighted by Crippen LogP contribution is -2.34. The van der Waals surface area contributed by atoms with E-state index in [1.807, 2.05) is 0 Å². The first-order valence-electron chi connectivity index (χ1n) is 10.7. The summed E-state index contributed by atoms with van der Waals surface area (Å²) in [4.78, 5) is 27.4. The molecule has 2 aromatic heterocycles. The monoisotopic (exact) mass is 447 g/mol. The van der Waals surface area contributed by atoms with Crippen LogP contribution in [0.4, 0.5) is 14.7 Å². The molecular weight excluding hydrogens is 428 g/mol. The van der Waals surface area contributed by atoms with Gasteiger partial charge in [-0.15, -0.1) is 0 Å². The number of hydrogen-bond acceptors (Lipinski definition) is 6. The number of rotatable bonds is 3. The molecule has 33 heavy (non-hydrogen) atoms. The van der Waals surface area contributed by atoms with Crippen molar-refractivity contribution in [3.63, 3.8) is 0 Å². The van der Waals surface area contributed by atoms with Crippen LogP contribution in [0.25, 0.3) is 16.6 Å². The molecule has 0 aliphatic carbocycles. The van der Waals surface area contributed by atoms with Crippen LogP contribution in [0, 0.1) is 23.5 Å². The summed E-state index contributed by atoms with van der Waals surface area (Å²) in [5.74, 6) is -0.193. The maximum absolute atomic E-state index is 14.7. The van der Waals surface area contributed by atoms with Gasteiger partial charge >= 0.3 is 0 Å². The summed E-state index contributed by atoms with van der Waals surface area (Å²) in [6.07, 6.45) is 4.60. The smallest absolute Gasteiger partial charge is 0.259 e. The summed E-state index contributed by atoms with van der Waals surface area (Å²) in [6.45, 7) is 2.45. The molecule has 0 bridgehead atoms. The van der Waals surface area contributed by atoms with Crippen LogP contribution in [0.5, 0.6) is 0 Å². The SMILES string of the molecule is O=C(c1c(F)cccc1-n1nccn1)N1CC2CN(c3ncc4cc(F)ccc4n3)CC2C1. The second-order valence-corrected chi connectivity index (χ2v) is 8.46. The van der Waals surface area contributed by atoms with Gasteiger partial charge in [-0.25, -0.2) is 18.7 Å². The Balaban J connectivity index is 1.20.